The van der Waals surface area contributed by atoms with Crippen molar-refractivity contribution in [2.24, 2.45) is 0 Å². The van der Waals surface area contributed by atoms with Gasteiger partial charge in [-0.15, -0.1) is 0 Å². The molecule has 1 amide bonds. The van der Waals surface area contributed by atoms with Gasteiger partial charge in [-0.2, -0.15) is 0 Å². The average molecular weight is 278 g/mol. The van der Waals surface area contributed by atoms with Gasteiger partial charge < -0.3 is 10.4 Å². The van der Waals surface area contributed by atoms with Crippen molar-refractivity contribution in [3.05, 3.63) is 45.9 Å². The van der Waals surface area contributed by atoms with Gasteiger partial charge in [0.25, 0.3) is 18.6 Å². The van der Waals surface area contributed by atoms with Crippen molar-refractivity contribution in [1.29, 1.82) is 0 Å². The van der Waals surface area contributed by atoms with Gasteiger partial charge in [0.05, 0.1) is 5.56 Å². The van der Waals surface area contributed by atoms with E-state index < -0.39 is 17.5 Å². The molecule has 1 aromatic heterocycles. The normalized spacial score (nSPS) is 10.2. The smallest absolute Gasteiger partial charge is 0.426 e. The van der Waals surface area contributed by atoms with Crippen molar-refractivity contribution in [2.75, 3.05) is 5.32 Å². The van der Waals surface area contributed by atoms with Crippen LogP contribution in [0.15, 0.2) is 33.7 Å². The summed E-state index contributed by atoms with van der Waals surface area (Å²) in [7, 11) is 0. The molecule has 0 bridgehead atoms. The van der Waals surface area contributed by atoms with E-state index in [1.165, 1.54) is 16.8 Å². The molecule has 0 saturated heterocycles. The van der Waals surface area contributed by atoms with Crippen molar-refractivity contribution in [3.8, 4) is 0 Å². The number of anilines is 1. The number of hydrogen-bond acceptors (Lipinski definition) is 4. The Morgan fingerprint density at radius 1 is 1.45 bits per heavy atom. The first kappa shape index (κ1) is 13.5. The number of nitrogens with zero attached hydrogens (tertiary/aromatic N) is 1. The average Bonchev–Trinajstić information content (AvgIpc) is 2.77. The number of benzene rings is 1. The van der Waals surface area contributed by atoms with Crippen LogP contribution >= 0.6 is 0 Å². The number of hydrogen-bond donors (Lipinski definition) is 3. The highest BCUT2D eigenvalue weighted by molar-refractivity contribution is 5.94. The van der Waals surface area contributed by atoms with Crippen LogP contribution in [0.5, 0.6) is 0 Å². The fourth-order valence-electron chi connectivity index (χ4n) is 1.60. The van der Waals surface area contributed by atoms with Gasteiger partial charge in [-0.1, -0.05) is 10.7 Å². The third kappa shape index (κ3) is 3.10. The van der Waals surface area contributed by atoms with E-state index in [2.05, 4.69) is 15.1 Å². The van der Waals surface area contributed by atoms with Gasteiger partial charge in [-0.05, 0) is 29.9 Å². The number of aromatic amines is 1. The third-order valence-electron chi connectivity index (χ3n) is 2.60. The van der Waals surface area contributed by atoms with E-state index in [-0.39, 0.29) is 12.1 Å². The van der Waals surface area contributed by atoms with Crippen molar-refractivity contribution >= 4 is 17.6 Å². The van der Waals surface area contributed by atoms with E-state index in [0.29, 0.717) is 5.69 Å². The standard InChI is InChI=1S/C12H11N3O5/c1-7-2-3-8(12(18)19)4-9(7)13-10(16)5-15-6-11(17)20-14-15/h2-4,6H,5H2,1H3,(H2-,13,14,16,17,18,19)/p+1. The monoisotopic (exact) mass is 278 g/mol. The summed E-state index contributed by atoms with van der Waals surface area (Å²) in [6.07, 6.45) is 1.10. The number of rotatable bonds is 4. The number of carboxylic acids is 1. The number of carbonyl (C=O) groups excluding carboxylic acids is 1. The van der Waals surface area contributed by atoms with Crippen LogP contribution < -0.4 is 15.6 Å². The van der Waals surface area contributed by atoms with Crippen LogP contribution in [0, 0.1) is 6.92 Å². The van der Waals surface area contributed by atoms with Gasteiger partial charge in [0, 0.05) is 5.69 Å². The molecule has 8 heteroatoms. The van der Waals surface area contributed by atoms with Crippen molar-refractivity contribution in [1.82, 2.24) is 5.27 Å². The van der Waals surface area contributed by atoms with E-state index in [1.807, 2.05) is 0 Å². The molecule has 0 aliphatic heterocycles. The molecular formula is C12H12N3O5+. The molecule has 2 aromatic rings. The van der Waals surface area contributed by atoms with Crippen molar-refractivity contribution in [3.63, 3.8) is 0 Å². The van der Waals surface area contributed by atoms with Gasteiger partial charge in [0.2, 0.25) is 0 Å². The van der Waals surface area contributed by atoms with Crippen molar-refractivity contribution in [2.45, 2.75) is 13.5 Å². The van der Waals surface area contributed by atoms with Gasteiger partial charge in [-0.3, -0.25) is 9.32 Å². The number of aromatic carboxylic acids is 1. The summed E-state index contributed by atoms with van der Waals surface area (Å²) in [4.78, 5) is 33.4. The molecular weight excluding hydrogens is 266 g/mol. The fraction of sp³-hybridized carbons (Fsp3) is 0.167. The molecule has 0 fully saturated rings. The third-order valence-corrected chi connectivity index (χ3v) is 2.60. The Morgan fingerprint density at radius 2 is 2.20 bits per heavy atom. The Morgan fingerprint density at radius 3 is 2.80 bits per heavy atom. The lowest BCUT2D eigenvalue weighted by molar-refractivity contribution is -0.750. The Kier molecular flexibility index (Phi) is 3.65. The predicted molar refractivity (Wildman–Crippen MR) is 66.3 cm³/mol. The van der Waals surface area contributed by atoms with Crippen LogP contribution in [0.1, 0.15) is 15.9 Å². The number of nitrogens with one attached hydrogen (secondary N) is 2. The molecule has 8 nitrogen and oxygen atoms in total. The SMILES string of the molecule is Cc1ccc(C(=O)O)cc1NC(=O)C[n+]1cc(=O)o[nH]1. The number of carbonyl (C=O) groups is 2. The maximum atomic E-state index is 11.8. The molecule has 0 saturated carbocycles. The zero-order valence-corrected chi connectivity index (χ0v) is 10.5. The lowest BCUT2D eigenvalue weighted by Crippen LogP contribution is -2.41. The maximum absolute atomic E-state index is 11.8. The summed E-state index contributed by atoms with van der Waals surface area (Å²) >= 11 is 0. The van der Waals surface area contributed by atoms with Crippen LogP contribution in [-0.2, 0) is 11.3 Å². The Bertz CT molecular complexity index is 716. The first-order chi connectivity index (χ1) is 9.45. The Balaban J connectivity index is 2.13. The summed E-state index contributed by atoms with van der Waals surface area (Å²) < 4.78 is 5.59. The van der Waals surface area contributed by atoms with Crippen LogP contribution in [0.4, 0.5) is 5.69 Å². The molecule has 20 heavy (non-hydrogen) atoms. The number of aryl methyl sites for hydroxylation is 1. The number of aromatic nitrogens is 2. The molecule has 0 atom stereocenters. The maximum Gasteiger partial charge on any atom is 0.426 e. The van der Waals surface area contributed by atoms with E-state index >= 15 is 0 Å². The van der Waals surface area contributed by atoms with E-state index in [4.69, 9.17) is 5.11 Å². The molecule has 1 aromatic carbocycles. The Labute approximate surface area is 112 Å². The molecule has 0 aliphatic rings. The Hall–Kier alpha value is -2.90. The second kappa shape index (κ2) is 5.39. The lowest BCUT2D eigenvalue weighted by atomic mass is 10.1. The summed E-state index contributed by atoms with van der Waals surface area (Å²) in [6, 6.07) is 4.43. The highest BCUT2D eigenvalue weighted by atomic mass is 16.5. The highest BCUT2D eigenvalue weighted by Crippen LogP contribution is 2.16. The first-order valence-corrected chi connectivity index (χ1v) is 5.67. The number of H-pyrrole nitrogens is 1. The second-order valence-electron chi connectivity index (χ2n) is 4.15. The molecule has 3 N–H and O–H groups in total. The number of amides is 1. The van der Waals surface area contributed by atoms with Gasteiger partial charge in [0.1, 0.15) is 0 Å². The zero-order valence-electron chi connectivity index (χ0n) is 10.5. The van der Waals surface area contributed by atoms with Crippen LogP contribution in [0.2, 0.25) is 0 Å². The molecule has 0 radical (unpaired) electrons. The van der Waals surface area contributed by atoms with Gasteiger partial charge in [-0.25, -0.2) is 9.59 Å². The quantitative estimate of drug-likeness (QED) is 0.675. The molecule has 0 unspecified atom stereocenters. The molecule has 1 heterocycles. The van der Waals surface area contributed by atoms with E-state index in [9.17, 15) is 14.4 Å². The minimum Gasteiger partial charge on any atom is -0.478 e. The zero-order chi connectivity index (χ0) is 14.7. The van der Waals surface area contributed by atoms with Gasteiger partial charge >= 0.3 is 11.6 Å². The molecule has 2 rings (SSSR count). The summed E-state index contributed by atoms with van der Waals surface area (Å²) in [5.74, 6) is -1.49. The first-order valence-electron chi connectivity index (χ1n) is 5.67. The minimum absolute atomic E-state index is 0.0790. The topological polar surface area (TPSA) is 116 Å². The van der Waals surface area contributed by atoms with E-state index in [0.717, 1.165) is 11.8 Å². The van der Waals surface area contributed by atoms with E-state index in [1.54, 1.807) is 13.0 Å². The van der Waals surface area contributed by atoms with Gasteiger partial charge in [0.15, 0.2) is 0 Å². The lowest BCUT2D eigenvalue weighted by Gasteiger charge is -2.07. The molecule has 0 spiro atoms. The number of carboxylic acid groups (broad SMARTS) is 1. The van der Waals surface area contributed by atoms with Crippen molar-refractivity contribution < 1.29 is 23.9 Å². The van der Waals surface area contributed by atoms with Crippen LogP contribution in [0.3, 0.4) is 0 Å². The second-order valence-corrected chi connectivity index (χ2v) is 4.15. The minimum atomic E-state index is -1.07. The summed E-state index contributed by atoms with van der Waals surface area (Å²) in [5.41, 5.74) is 0.618. The van der Waals surface area contributed by atoms with Crippen LogP contribution in [-0.4, -0.2) is 22.3 Å². The fourth-order valence-corrected chi connectivity index (χ4v) is 1.60. The highest BCUT2D eigenvalue weighted by Gasteiger charge is 2.15. The van der Waals surface area contributed by atoms with Crippen LogP contribution in [0.25, 0.3) is 0 Å². The molecule has 0 aliphatic carbocycles. The molecule has 104 valence electrons. The predicted octanol–water partition coefficient (Wildman–Crippen LogP) is -0.0993. The summed E-state index contributed by atoms with van der Waals surface area (Å²) in [6.45, 7) is 1.59. The summed E-state index contributed by atoms with van der Waals surface area (Å²) in [5, 5.41) is 13.7. The largest absolute Gasteiger partial charge is 0.478 e.